The molecule has 2 unspecified atom stereocenters. The largest absolute Gasteiger partial charge is 0.395 e. The number of nitrogens with one attached hydrogen (secondary N) is 1. The Labute approximate surface area is 111 Å². The van der Waals surface area contributed by atoms with Crippen molar-refractivity contribution in [3.63, 3.8) is 0 Å². The average Bonchev–Trinajstić information content (AvgIpc) is 2.38. The molecule has 1 rings (SSSR count). The molecule has 5 nitrogen and oxygen atoms in total. The molecular formula is C12H26N2O3S. The van der Waals surface area contributed by atoms with Crippen LogP contribution in [0.1, 0.15) is 52.4 Å². The molecule has 108 valence electrons. The fourth-order valence-corrected chi connectivity index (χ4v) is 4.22. The van der Waals surface area contributed by atoms with Gasteiger partial charge in [0.25, 0.3) is 10.2 Å². The highest BCUT2D eigenvalue weighted by atomic mass is 32.2. The standard InChI is InChI=1S/C12H26N2O3S/c1-3-7-11(4-2)13-18(16,17)14-9-6-5-8-12(14)10-15/h11-13,15H,3-10H2,1-2H3. The van der Waals surface area contributed by atoms with Gasteiger partial charge >= 0.3 is 0 Å². The van der Waals surface area contributed by atoms with Crippen LogP contribution in [0.3, 0.4) is 0 Å². The van der Waals surface area contributed by atoms with Crippen molar-refractivity contribution < 1.29 is 13.5 Å². The monoisotopic (exact) mass is 278 g/mol. The highest BCUT2D eigenvalue weighted by Crippen LogP contribution is 2.20. The summed E-state index contributed by atoms with van der Waals surface area (Å²) in [5.41, 5.74) is 0. The van der Waals surface area contributed by atoms with Crippen LogP contribution in [-0.2, 0) is 10.2 Å². The molecule has 0 aliphatic carbocycles. The van der Waals surface area contributed by atoms with Crippen molar-refractivity contribution in [2.45, 2.75) is 64.5 Å². The van der Waals surface area contributed by atoms with Crippen LogP contribution in [-0.4, -0.2) is 43.1 Å². The van der Waals surface area contributed by atoms with Crippen LogP contribution in [0.25, 0.3) is 0 Å². The van der Waals surface area contributed by atoms with Gasteiger partial charge in [0.2, 0.25) is 0 Å². The summed E-state index contributed by atoms with van der Waals surface area (Å²) in [7, 11) is -3.45. The number of piperidine rings is 1. The molecule has 0 saturated carbocycles. The number of rotatable bonds is 7. The van der Waals surface area contributed by atoms with E-state index in [0.29, 0.717) is 6.54 Å². The van der Waals surface area contributed by atoms with Gasteiger partial charge in [-0.25, -0.2) is 0 Å². The average molecular weight is 278 g/mol. The molecule has 18 heavy (non-hydrogen) atoms. The van der Waals surface area contributed by atoms with Crippen LogP contribution < -0.4 is 4.72 Å². The van der Waals surface area contributed by atoms with E-state index >= 15 is 0 Å². The number of hydrogen-bond donors (Lipinski definition) is 2. The molecule has 0 spiro atoms. The molecule has 1 heterocycles. The molecule has 1 fully saturated rings. The summed E-state index contributed by atoms with van der Waals surface area (Å²) >= 11 is 0. The molecule has 0 amide bonds. The lowest BCUT2D eigenvalue weighted by Crippen LogP contribution is -2.52. The maximum absolute atomic E-state index is 12.3. The van der Waals surface area contributed by atoms with Gasteiger partial charge in [0.05, 0.1) is 6.61 Å². The van der Waals surface area contributed by atoms with Crippen molar-refractivity contribution in [1.82, 2.24) is 9.03 Å². The van der Waals surface area contributed by atoms with Crippen molar-refractivity contribution in [1.29, 1.82) is 0 Å². The van der Waals surface area contributed by atoms with Crippen molar-refractivity contribution in [3.8, 4) is 0 Å². The van der Waals surface area contributed by atoms with Crippen LogP contribution in [0.5, 0.6) is 0 Å². The van der Waals surface area contributed by atoms with Crippen molar-refractivity contribution in [2.24, 2.45) is 0 Å². The van der Waals surface area contributed by atoms with E-state index in [1.54, 1.807) is 0 Å². The Morgan fingerprint density at radius 2 is 2.11 bits per heavy atom. The first-order valence-electron chi connectivity index (χ1n) is 6.95. The molecule has 0 aromatic heterocycles. The zero-order chi connectivity index (χ0) is 13.6. The lowest BCUT2D eigenvalue weighted by Gasteiger charge is -2.34. The first-order chi connectivity index (χ1) is 8.55. The van der Waals surface area contributed by atoms with E-state index in [9.17, 15) is 13.5 Å². The van der Waals surface area contributed by atoms with Crippen molar-refractivity contribution in [2.75, 3.05) is 13.2 Å². The second-order valence-electron chi connectivity index (χ2n) is 4.96. The van der Waals surface area contributed by atoms with E-state index in [1.807, 2.05) is 13.8 Å². The Hall–Kier alpha value is -0.170. The van der Waals surface area contributed by atoms with Crippen LogP contribution in [0.15, 0.2) is 0 Å². The van der Waals surface area contributed by atoms with Gasteiger partial charge in [-0.15, -0.1) is 0 Å². The molecule has 0 aromatic carbocycles. The zero-order valence-corrected chi connectivity index (χ0v) is 12.2. The first-order valence-corrected chi connectivity index (χ1v) is 8.39. The normalized spacial score (nSPS) is 24.1. The molecule has 1 saturated heterocycles. The topological polar surface area (TPSA) is 69.6 Å². The maximum Gasteiger partial charge on any atom is 0.280 e. The third-order valence-corrected chi connectivity index (χ3v) is 5.27. The Kier molecular flexibility index (Phi) is 6.55. The minimum atomic E-state index is -3.45. The number of hydrogen-bond acceptors (Lipinski definition) is 3. The van der Waals surface area contributed by atoms with Crippen LogP contribution in [0.4, 0.5) is 0 Å². The SMILES string of the molecule is CCCC(CC)NS(=O)(=O)N1CCCCC1CO. The van der Waals surface area contributed by atoms with Gasteiger partial charge < -0.3 is 5.11 Å². The summed E-state index contributed by atoms with van der Waals surface area (Å²) in [4.78, 5) is 0. The molecule has 2 atom stereocenters. The first kappa shape index (κ1) is 15.9. The Bertz CT molecular complexity index is 332. The Morgan fingerprint density at radius 3 is 2.67 bits per heavy atom. The number of aliphatic hydroxyl groups is 1. The minimum Gasteiger partial charge on any atom is -0.395 e. The van der Waals surface area contributed by atoms with Gasteiger partial charge in [-0.05, 0) is 25.7 Å². The van der Waals surface area contributed by atoms with E-state index in [4.69, 9.17) is 0 Å². The van der Waals surface area contributed by atoms with E-state index in [2.05, 4.69) is 4.72 Å². The van der Waals surface area contributed by atoms with Gasteiger partial charge in [-0.3, -0.25) is 0 Å². The second kappa shape index (κ2) is 7.43. The predicted octanol–water partition coefficient (Wildman–Crippen LogP) is 1.25. The smallest absolute Gasteiger partial charge is 0.280 e. The molecule has 0 aromatic rings. The van der Waals surface area contributed by atoms with E-state index < -0.39 is 10.2 Å². The molecular weight excluding hydrogens is 252 g/mol. The Balaban J connectivity index is 2.71. The van der Waals surface area contributed by atoms with Gasteiger partial charge in [-0.1, -0.05) is 26.7 Å². The van der Waals surface area contributed by atoms with Crippen LogP contribution in [0, 0.1) is 0 Å². The van der Waals surface area contributed by atoms with Crippen molar-refractivity contribution in [3.05, 3.63) is 0 Å². The lowest BCUT2D eigenvalue weighted by atomic mass is 10.1. The molecule has 2 N–H and O–H groups in total. The second-order valence-corrected chi connectivity index (χ2v) is 6.61. The molecule has 0 bridgehead atoms. The van der Waals surface area contributed by atoms with Crippen LogP contribution in [0.2, 0.25) is 0 Å². The summed E-state index contributed by atoms with van der Waals surface area (Å²) in [5, 5.41) is 9.29. The number of aliphatic hydroxyl groups excluding tert-OH is 1. The summed E-state index contributed by atoms with van der Waals surface area (Å²) < 4.78 is 28.8. The van der Waals surface area contributed by atoms with Gasteiger partial charge in [0.1, 0.15) is 0 Å². The molecule has 1 aliphatic rings. The van der Waals surface area contributed by atoms with Gasteiger partial charge in [0.15, 0.2) is 0 Å². The quantitative estimate of drug-likeness (QED) is 0.736. The zero-order valence-electron chi connectivity index (χ0n) is 11.4. The highest BCUT2D eigenvalue weighted by Gasteiger charge is 2.32. The van der Waals surface area contributed by atoms with E-state index in [-0.39, 0.29) is 18.7 Å². The van der Waals surface area contributed by atoms with Crippen molar-refractivity contribution >= 4 is 10.2 Å². The maximum atomic E-state index is 12.3. The fourth-order valence-electron chi connectivity index (χ4n) is 2.45. The van der Waals surface area contributed by atoms with Gasteiger partial charge in [-0.2, -0.15) is 17.4 Å². The minimum absolute atomic E-state index is 0.00118. The fraction of sp³-hybridized carbons (Fsp3) is 1.00. The molecule has 1 aliphatic heterocycles. The van der Waals surface area contributed by atoms with Gasteiger partial charge in [0, 0.05) is 18.6 Å². The van der Waals surface area contributed by atoms with E-state index in [0.717, 1.165) is 38.5 Å². The summed E-state index contributed by atoms with van der Waals surface area (Å²) in [6.45, 7) is 4.46. The summed E-state index contributed by atoms with van der Waals surface area (Å²) in [5.74, 6) is 0. The molecule has 6 heteroatoms. The lowest BCUT2D eigenvalue weighted by molar-refractivity contribution is 0.153. The van der Waals surface area contributed by atoms with Crippen LogP contribution >= 0.6 is 0 Å². The summed E-state index contributed by atoms with van der Waals surface area (Å²) in [6.07, 6.45) is 5.23. The Morgan fingerprint density at radius 1 is 1.39 bits per heavy atom. The third kappa shape index (κ3) is 4.19. The third-order valence-electron chi connectivity index (χ3n) is 3.54. The number of nitrogens with zero attached hydrogens (tertiary/aromatic N) is 1. The predicted molar refractivity (Wildman–Crippen MR) is 72.5 cm³/mol. The summed E-state index contributed by atoms with van der Waals surface area (Å²) in [6, 6.07) is -0.253. The van der Waals surface area contributed by atoms with E-state index in [1.165, 1.54) is 4.31 Å². The highest BCUT2D eigenvalue weighted by molar-refractivity contribution is 7.87. The molecule has 0 radical (unpaired) electrons.